The highest BCUT2D eigenvalue weighted by Crippen LogP contribution is 2.43. The van der Waals surface area contributed by atoms with Crippen LogP contribution in [0, 0.1) is 11.8 Å². The topological polar surface area (TPSA) is 74.2 Å². The van der Waals surface area contributed by atoms with E-state index in [-0.39, 0.29) is 13.2 Å². The lowest BCUT2D eigenvalue weighted by molar-refractivity contribution is -0.151. The van der Waals surface area contributed by atoms with Crippen LogP contribution in [0.1, 0.15) is 13.8 Å². The van der Waals surface area contributed by atoms with Gasteiger partial charge >= 0.3 is 24.3 Å². The molecule has 0 aromatic carbocycles. The summed E-state index contributed by atoms with van der Waals surface area (Å²) in [7, 11) is 0.997. The van der Waals surface area contributed by atoms with Crippen LogP contribution < -0.4 is 0 Å². The Hall–Kier alpha value is -2.11. The number of hydrogen-bond acceptors (Lipinski definition) is 6. The number of rotatable bonds is 6. The summed E-state index contributed by atoms with van der Waals surface area (Å²) in [5, 5.41) is 0. The lowest BCUT2D eigenvalue weighted by Crippen LogP contribution is -2.47. The van der Waals surface area contributed by atoms with Gasteiger partial charge in [-0.1, -0.05) is 0 Å². The molecule has 2 atom stereocenters. The summed E-state index contributed by atoms with van der Waals surface area (Å²) in [6.45, 7) is 1.14. The van der Waals surface area contributed by atoms with Crippen molar-refractivity contribution in [3.05, 3.63) is 11.3 Å². The molecule has 154 valence electrons. The van der Waals surface area contributed by atoms with Gasteiger partial charge in [0.05, 0.1) is 25.4 Å². The van der Waals surface area contributed by atoms with E-state index in [0.717, 1.165) is 7.11 Å². The van der Waals surface area contributed by atoms with Crippen LogP contribution in [-0.4, -0.2) is 56.9 Å². The fourth-order valence-corrected chi connectivity index (χ4v) is 2.56. The van der Waals surface area contributed by atoms with Crippen LogP contribution in [-0.2, 0) is 23.8 Å². The number of alkyl halides is 6. The first kappa shape index (κ1) is 22.9. The Kier molecular flexibility index (Phi) is 7.40. The van der Waals surface area contributed by atoms with Gasteiger partial charge in [0.15, 0.2) is 5.70 Å². The summed E-state index contributed by atoms with van der Waals surface area (Å²) < 4.78 is 93.9. The van der Waals surface area contributed by atoms with Crippen molar-refractivity contribution in [3.8, 4) is 0 Å². The Morgan fingerprint density at radius 2 is 1.56 bits per heavy atom. The van der Waals surface area contributed by atoms with Crippen LogP contribution in [0.2, 0.25) is 0 Å². The minimum atomic E-state index is -5.40. The van der Waals surface area contributed by atoms with Gasteiger partial charge in [-0.25, -0.2) is 9.79 Å². The van der Waals surface area contributed by atoms with Gasteiger partial charge in [-0.05, 0) is 13.8 Å². The first-order valence-electron chi connectivity index (χ1n) is 7.69. The van der Waals surface area contributed by atoms with E-state index in [1.165, 1.54) is 13.8 Å². The van der Waals surface area contributed by atoms with Gasteiger partial charge in [0.1, 0.15) is 11.6 Å². The molecule has 2 unspecified atom stereocenters. The quantitative estimate of drug-likeness (QED) is 0.502. The van der Waals surface area contributed by atoms with E-state index in [1.54, 1.807) is 0 Å². The number of halogens is 6. The normalized spacial score (nSPS) is 21.0. The van der Waals surface area contributed by atoms with E-state index >= 15 is 0 Å². The Balaban J connectivity index is 3.79. The van der Waals surface area contributed by atoms with Gasteiger partial charge in [0.25, 0.3) is 0 Å². The average molecular weight is 405 g/mol. The number of esters is 2. The van der Waals surface area contributed by atoms with Gasteiger partial charge in [-0.3, -0.25) is 4.79 Å². The number of methoxy groups -OCH3 is 1. The molecular weight excluding hydrogens is 388 g/mol. The number of hydrogen-bond donors (Lipinski definition) is 0. The molecule has 1 aliphatic heterocycles. The second-order valence-electron chi connectivity index (χ2n) is 5.27. The molecule has 0 aliphatic carbocycles. The van der Waals surface area contributed by atoms with Gasteiger partial charge < -0.3 is 14.2 Å². The molecular formula is C15H17F6NO5. The molecule has 12 heteroatoms. The predicted octanol–water partition coefficient (Wildman–Crippen LogP) is 2.82. The molecule has 1 rings (SSSR count). The summed E-state index contributed by atoms with van der Waals surface area (Å²) in [4.78, 5) is 26.8. The van der Waals surface area contributed by atoms with Crippen molar-refractivity contribution in [3.63, 3.8) is 0 Å². The molecule has 6 nitrogen and oxygen atoms in total. The van der Waals surface area contributed by atoms with Crippen molar-refractivity contribution in [2.45, 2.75) is 26.2 Å². The largest absolute Gasteiger partial charge is 0.465 e. The third-order valence-corrected chi connectivity index (χ3v) is 3.50. The number of carbonyl (C=O) groups excluding carboxylic acids is 2. The van der Waals surface area contributed by atoms with Gasteiger partial charge in [0.2, 0.25) is 0 Å². The van der Waals surface area contributed by atoms with E-state index in [1.807, 2.05) is 0 Å². The monoisotopic (exact) mass is 405 g/mol. The van der Waals surface area contributed by atoms with E-state index in [9.17, 15) is 35.9 Å². The summed E-state index contributed by atoms with van der Waals surface area (Å²) in [6.07, 6.45) is -10.8. The molecule has 0 aromatic rings. The van der Waals surface area contributed by atoms with Crippen molar-refractivity contribution >= 4 is 17.7 Å². The Bertz CT molecular complexity index is 638. The zero-order chi connectivity index (χ0) is 21.0. The number of ether oxygens (including phenoxy) is 3. The molecule has 0 fully saturated rings. The molecule has 1 heterocycles. The Labute approximate surface area is 150 Å². The number of nitrogens with zero attached hydrogens (tertiary/aromatic N) is 1. The Morgan fingerprint density at radius 1 is 1.00 bits per heavy atom. The van der Waals surface area contributed by atoms with Crippen LogP contribution in [0.15, 0.2) is 16.3 Å². The van der Waals surface area contributed by atoms with Crippen LogP contribution >= 0.6 is 0 Å². The highest BCUT2D eigenvalue weighted by atomic mass is 19.4. The lowest BCUT2D eigenvalue weighted by atomic mass is 9.79. The Morgan fingerprint density at radius 3 is 1.96 bits per heavy atom. The third kappa shape index (κ3) is 5.21. The maximum absolute atomic E-state index is 13.4. The summed E-state index contributed by atoms with van der Waals surface area (Å²) in [5.41, 5.74) is -5.29. The second-order valence-corrected chi connectivity index (χ2v) is 5.27. The third-order valence-electron chi connectivity index (χ3n) is 3.50. The minimum Gasteiger partial charge on any atom is -0.465 e. The first-order valence-corrected chi connectivity index (χ1v) is 7.69. The molecule has 1 aliphatic rings. The summed E-state index contributed by atoms with van der Waals surface area (Å²) >= 11 is 0. The van der Waals surface area contributed by atoms with Crippen LogP contribution in [0.3, 0.4) is 0 Å². The van der Waals surface area contributed by atoms with E-state index in [2.05, 4.69) is 19.2 Å². The number of allylic oxidation sites excluding steroid dienone is 1. The maximum Gasteiger partial charge on any atom is 0.433 e. The smallest absolute Gasteiger partial charge is 0.433 e. The van der Waals surface area contributed by atoms with Crippen molar-refractivity contribution in [1.82, 2.24) is 0 Å². The zero-order valence-electron chi connectivity index (χ0n) is 14.5. The van der Waals surface area contributed by atoms with E-state index < -0.39 is 59.7 Å². The standard InChI is InChI=1S/C15H17F6NO5/c1-4-26-12(23)8-7(6-25-3)9(13(24)27-5-2)11(15(19,20)21)22-10(8)14(16,17)18/h7-8H,4-6H2,1-3H3. The highest BCUT2D eigenvalue weighted by molar-refractivity contribution is 6.09. The molecule has 0 bridgehead atoms. The fraction of sp³-hybridized carbons (Fsp3) is 0.667. The predicted molar refractivity (Wildman–Crippen MR) is 78.7 cm³/mol. The number of carbonyl (C=O) groups is 2. The molecule has 0 aromatic heterocycles. The van der Waals surface area contributed by atoms with E-state index in [0.29, 0.717) is 0 Å². The molecule has 0 N–H and O–H groups in total. The second kappa shape index (κ2) is 8.72. The average Bonchev–Trinajstić information content (AvgIpc) is 2.52. The SMILES string of the molecule is CCOC(=O)C1=C(C(F)(F)F)N=C(C(F)(F)F)C(C(=O)OCC)C1COC. The molecule has 0 radical (unpaired) electrons. The van der Waals surface area contributed by atoms with Gasteiger partial charge in [-0.15, -0.1) is 0 Å². The van der Waals surface area contributed by atoms with Crippen molar-refractivity contribution < 1.29 is 50.1 Å². The minimum absolute atomic E-state index is 0.329. The van der Waals surface area contributed by atoms with Crippen molar-refractivity contribution in [1.29, 1.82) is 0 Å². The summed E-state index contributed by atoms with van der Waals surface area (Å²) in [5.74, 6) is -7.26. The highest BCUT2D eigenvalue weighted by Gasteiger charge is 2.56. The maximum atomic E-state index is 13.4. The molecule has 27 heavy (non-hydrogen) atoms. The summed E-state index contributed by atoms with van der Waals surface area (Å²) in [6, 6.07) is 0. The van der Waals surface area contributed by atoms with Gasteiger partial charge in [-0.2, -0.15) is 26.3 Å². The fourth-order valence-electron chi connectivity index (χ4n) is 2.56. The van der Waals surface area contributed by atoms with Gasteiger partial charge in [0, 0.05) is 13.0 Å². The molecule has 0 amide bonds. The molecule has 0 saturated carbocycles. The van der Waals surface area contributed by atoms with E-state index in [4.69, 9.17) is 0 Å². The first-order chi connectivity index (χ1) is 12.4. The van der Waals surface area contributed by atoms with Crippen molar-refractivity contribution in [2.75, 3.05) is 26.9 Å². The zero-order valence-corrected chi connectivity index (χ0v) is 14.5. The van der Waals surface area contributed by atoms with Crippen LogP contribution in [0.25, 0.3) is 0 Å². The van der Waals surface area contributed by atoms with Crippen molar-refractivity contribution in [2.24, 2.45) is 16.8 Å². The number of aliphatic imine (C=N–C) groups is 1. The van der Waals surface area contributed by atoms with Crippen LogP contribution in [0.4, 0.5) is 26.3 Å². The molecule has 0 spiro atoms. The lowest BCUT2D eigenvalue weighted by Gasteiger charge is -2.33. The van der Waals surface area contributed by atoms with Crippen LogP contribution in [0.5, 0.6) is 0 Å². The molecule has 0 saturated heterocycles.